The lowest BCUT2D eigenvalue weighted by atomic mass is 10.0. The average Bonchev–Trinajstić information content (AvgIpc) is 2.98. The third kappa shape index (κ3) is 3.90. The molecule has 1 aliphatic heterocycles. The zero-order valence-corrected chi connectivity index (χ0v) is 16.9. The van der Waals surface area contributed by atoms with Crippen molar-refractivity contribution in [1.29, 1.82) is 0 Å². The summed E-state index contributed by atoms with van der Waals surface area (Å²) in [6.45, 7) is 3.84. The molecule has 0 amide bonds. The Hall–Kier alpha value is -2.36. The fourth-order valence-corrected chi connectivity index (χ4v) is 4.18. The average molecular weight is 421 g/mol. The Morgan fingerprint density at radius 3 is 2.62 bits per heavy atom. The molecule has 6 nitrogen and oxygen atoms in total. The Morgan fingerprint density at radius 1 is 1.28 bits per heavy atom. The maximum atomic E-state index is 14.9. The van der Waals surface area contributed by atoms with Crippen LogP contribution in [0.5, 0.6) is 0 Å². The predicted molar refractivity (Wildman–Crippen MR) is 105 cm³/mol. The summed E-state index contributed by atoms with van der Waals surface area (Å²) in [6, 6.07) is 5.39. The van der Waals surface area contributed by atoms with E-state index >= 15 is 0 Å². The Kier molecular flexibility index (Phi) is 5.14. The van der Waals surface area contributed by atoms with Crippen LogP contribution in [-0.4, -0.2) is 49.9 Å². The number of morpholine rings is 1. The van der Waals surface area contributed by atoms with E-state index in [1.54, 1.807) is 4.40 Å². The van der Waals surface area contributed by atoms with E-state index in [2.05, 4.69) is 10.3 Å². The molecule has 0 radical (unpaired) electrons. The Balaban J connectivity index is 1.90. The number of nitrogens with zero attached hydrogens (tertiary/aromatic N) is 2. The van der Waals surface area contributed by atoms with Crippen molar-refractivity contribution in [3.8, 4) is 11.3 Å². The molecule has 2 aromatic heterocycles. The smallest absolute Gasteiger partial charge is 0.175 e. The van der Waals surface area contributed by atoms with Gasteiger partial charge in [0.1, 0.15) is 17.3 Å². The molecule has 0 saturated carbocycles. The first kappa shape index (κ1) is 19.9. The summed E-state index contributed by atoms with van der Waals surface area (Å²) in [5.41, 5.74) is 1.95. The van der Waals surface area contributed by atoms with Crippen LogP contribution in [0, 0.1) is 18.6 Å². The second kappa shape index (κ2) is 7.47. The minimum atomic E-state index is -3.74. The first-order valence-electron chi connectivity index (χ1n) is 9.23. The summed E-state index contributed by atoms with van der Waals surface area (Å²) in [7, 11) is -3.74. The summed E-state index contributed by atoms with van der Waals surface area (Å²) >= 11 is 0. The molecule has 1 saturated heterocycles. The number of aryl methyl sites for hydroxylation is 1. The van der Waals surface area contributed by atoms with Gasteiger partial charge in [0, 0.05) is 32.0 Å². The van der Waals surface area contributed by atoms with E-state index in [1.165, 1.54) is 0 Å². The third-order valence-electron chi connectivity index (χ3n) is 4.99. The van der Waals surface area contributed by atoms with E-state index < -0.39 is 26.4 Å². The molecule has 0 bridgehead atoms. The molecule has 9 heteroatoms. The van der Waals surface area contributed by atoms with Gasteiger partial charge in [-0.15, -0.1) is 0 Å². The number of hydrogen-bond acceptors (Lipinski definition) is 5. The normalized spacial score (nSPS) is 17.7. The third-order valence-corrected chi connectivity index (χ3v) is 6.08. The molecule has 1 N–H and O–H groups in total. The highest BCUT2D eigenvalue weighted by molar-refractivity contribution is 7.90. The number of halogens is 2. The lowest BCUT2D eigenvalue weighted by molar-refractivity contribution is 0.0286. The minimum absolute atomic E-state index is 0.153. The number of nitrogens with one attached hydrogen (secondary N) is 1. The standard InChI is InChI=1S/C20H21F2N3O3S/c1-12-3-5-25-17(8-13-11-23-4-6-28-13)20(24-18(25)7-12)19-15(21)9-14(10-16(19)22)29(2,26)27/h3,5,7,9-10,13,23H,4,6,8,11H2,1-2H3/t13-/m0/s1. The molecule has 3 heterocycles. The van der Waals surface area contributed by atoms with Crippen molar-refractivity contribution in [3.63, 3.8) is 0 Å². The molecule has 4 rings (SSSR count). The summed E-state index contributed by atoms with van der Waals surface area (Å²) in [4.78, 5) is 4.07. The van der Waals surface area contributed by atoms with Crippen molar-refractivity contribution in [2.45, 2.75) is 24.3 Å². The van der Waals surface area contributed by atoms with Gasteiger partial charge in [-0.2, -0.15) is 0 Å². The molecule has 1 atom stereocenters. The van der Waals surface area contributed by atoms with Crippen molar-refractivity contribution in [2.75, 3.05) is 26.0 Å². The van der Waals surface area contributed by atoms with E-state index in [0.29, 0.717) is 30.9 Å². The number of benzene rings is 1. The number of fused-ring (bicyclic) bond motifs is 1. The number of aromatic nitrogens is 2. The van der Waals surface area contributed by atoms with Gasteiger partial charge in [-0.25, -0.2) is 22.2 Å². The lowest BCUT2D eigenvalue weighted by Crippen LogP contribution is -2.39. The number of sulfone groups is 1. The summed E-state index contributed by atoms with van der Waals surface area (Å²) in [5.74, 6) is -1.93. The summed E-state index contributed by atoms with van der Waals surface area (Å²) in [5, 5.41) is 3.24. The fraction of sp³-hybridized carbons (Fsp3) is 0.350. The van der Waals surface area contributed by atoms with E-state index in [0.717, 1.165) is 30.5 Å². The zero-order chi connectivity index (χ0) is 20.8. The van der Waals surface area contributed by atoms with Crippen LogP contribution in [0.2, 0.25) is 0 Å². The quantitative estimate of drug-likeness (QED) is 0.701. The number of ether oxygens (including phenoxy) is 1. The van der Waals surface area contributed by atoms with Gasteiger partial charge in [-0.1, -0.05) is 0 Å². The SMILES string of the molecule is Cc1ccn2c(C[C@H]3CNCCO3)c(-c3c(F)cc(S(C)(=O)=O)cc3F)nc2c1. The van der Waals surface area contributed by atoms with Gasteiger partial charge in [0.2, 0.25) is 0 Å². The zero-order valence-electron chi connectivity index (χ0n) is 16.1. The number of hydrogen-bond donors (Lipinski definition) is 1. The lowest BCUT2D eigenvalue weighted by Gasteiger charge is -2.24. The maximum absolute atomic E-state index is 14.9. The Morgan fingerprint density at radius 2 is 2.00 bits per heavy atom. The molecular weight excluding hydrogens is 400 g/mol. The molecule has 154 valence electrons. The summed E-state index contributed by atoms with van der Waals surface area (Å²) < 4.78 is 60.8. The van der Waals surface area contributed by atoms with E-state index in [4.69, 9.17) is 4.74 Å². The van der Waals surface area contributed by atoms with Crippen molar-refractivity contribution in [1.82, 2.24) is 14.7 Å². The molecule has 3 aromatic rings. The van der Waals surface area contributed by atoms with Crippen LogP contribution >= 0.6 is 0 Å². The highest BCUT2D eigenvalue weighted by atomic mass is 32.2. The van der Waals surface area contributed by atoms with E-state index in [-0.39, 0.29) is 17.4 Å². The topological polar surface area (TPSA) is 72.7 Å². The molecule has 1 aliphatic rings. The van der Waals surface area contributed by atoms with Crippen LogP contribution in [0.25, 0.3) is 16.9 Å². The van der Waals surface area contributed by atoms with E-state index in [9.17, 15) is 17.2 Å². The molecular formula is C20H21F2N3O3S. The van der Waals surface area contributed by atoms with Gasteiger partial charge in [0.05, 0.1) is 34.6 Å². The predicted octanol–water partition coefficient (Wildman–Crippen LogP) is 2.52. The first-order valence-corrected chi connectivity index (χ1v) is 11.1. The molecule has 0 unspecified atom stereocenters. The Bertz CT molecular complexity index is 1160. The van der Waals surface area contributed by atoms with Gasteiger partial charge >= 0.3 is 0 Å². The van der Waals surface area contributed by atoms with Crippen LogP contribution in [0.1, 0.15) is 11.3 Å². The second-order valence-electron chi connectivity index (χ2n) is 7.27. The number of pyridine rings is 1. The van der Waals surface area contributed by atoms with Crippen molar-refractivity contribution < 1.29 is 21.9 Å². The molecule has 0 aliphatic carbocycles. The van der Waals surface area contributed by atoms with Crippen molar-refractivity contribution >= 4 is 15.5 Å². The van der Waals surface area contributed by atoms with Gasteiger partial charge < -0.3 is 14.5 Å². The van der Waals surface area contributed by atoms with Crippen LogP contribution < -0.4 is 5.32 Å². The number of rotatable bonds is 4. The fourth-order valence-electron chi connectivity index (χ4n) is 3.55. The van der Waals surface area contributed by atoms with Crippen LogP contribution in [0.3, 0.4) is 0 Å². The van der Waals surface area contributed by atoms with Gasteiger partial charge in [0.25, 0.3) is 0 Å². The molecule has 29 heavy (non-hydrogen) atoms. The second-order valence-corrected chi connectivity index (χ2v) is 9.29. The minimum Gasteiger partial charge on any atom is -0.375 e. The van der Waals surface area contributed by atoms with Crippen LogP contribution in [0.15, 0.2) is 35.4 Å². The van der Waals surface area contributed by atoms with Crippen LogP contribution in [-0.2, 0) is 21.0 Å². The molecule has 0 spiro atoms. The number of imidazole rings is 1. The highest BCUT2D eigenvalue weighted by Gasteiger charge is 2.26. The first-order chi connectivity index (χ1) is 13.7. The highest BCUT2D eigenvalue weighted by Crippen LogP contribution is 2.32. The molecule has 1 fully saturated rings. The summed E-state index contributed by atoms with van der Waals surface area (Å²) in [6.07, 6.45) is 2.96. The van der Waals surface area contributed by atoms with Crippen molar-refractivity contribution in [2.24, 2.45) is 0 Å². The monoisotopic (exact) mass is 421 g/mol. The van der Waals surface area contributed by atoms with Crippen molar-refractivity contribution in [3.05, 3.63) is 53.4 Å². The van der Waals surface area contributed by atoms with E-state index in [1.807, 2.05) is 25.3 Å². The van der Waals surface area contributed by atoms with Gasteiger partial charge in [-0.3, -0.25) is 0 Å². The van der Waals surface area contributed by atoms with Crippen LogP contribution in [0.4, 0.5) is 8.78 Å². The largest absolute Gasteiger partial charge is 0.375 e. The molecule has 1 aromatic carbocycles. The van der Waals surface area contributed by atoms with Gasteiger partial charge in [-0.05, 0) is 36.8 Å². The Labute approximate surface area is 167 Å². The van der Waals surface area contributed by atoms with Gasteiger partial charge in [0.15, 0.2) is 9.84 Å². The maximum Gasteiger partial charge on any atom is 0.175 e.